The van der Waals surface area contributed by atoms with Gasteiger partial charge in [-0.3, -0.25) is 4.79 Å². The molecule has 0 radical (unpaired) electrons. The molecule has 3 nitrogen and oxygen atoms in total. The Hall–Kier alpha value is -1.56. The summed E-state index contributed by atoms with van der Waals surface area (Å²) in [7, 11) is 1.32. The first-order valence-electron chi connectivity index (χ1n) is 4.02. The van der Waals surface area contributed by atoms with Crippen LogP contribution in [0.5, 0.6) is 0 Å². The number of hydrogen-bond acceptors (Lipinski definition) is 2. The van der Waals surface area contributed by atoms with Crippen LogP contribution in [0.4, 0.5) is 13.2 Å². The number of rotatable bonds is 3. The van der Waals surface area contributed by atoms with Crippen LogP contribution >= 0.6 is 0 Å². The average Bonchev–Trinajstić information content (AvgIpc) is 2.14. The molecule has 0 aliphatic carbocycles. The van der Waals surface area contributed by atoms with Crippen molar-refractivity contribution in [1.82, 2.24) is 5.32 Å². The molecule has 0 spiro atoms. The fourth-order valence-corrected chi connectivity index (χ4v) is 1.17. The Labute approximate surface area is 83.5 Å². The molecule has 0 amide bonds. The third-order valence-electron chi connectivity index (χ3n) is 1.88. The molecule has 6 heteroatoms. The summed E-state index contributed by atoms with van der Waals surface area (Å²) in [6, 6.07) is 0.0242. The first kappa shape index (κ1) is 11.5. The lowest BCUT2D eigenvalue weighted by Crippen LogP contribution is -2.25. The summed E-state index contributed by atoms with van der Waals surface area (Å²) in [5.74, 6) is -5.74. The number of likely N-dealkylation sites (N-methyl/N-ethyl adjacent to an activating group) is 1. The third kappa shape index (κ3) is 2.27. The molecule has 1 rings (SSSR count). The van der Waals surface area contributed by atoms with Crippen LogP contribution in [0.25, 0.3) is 0 Å². The fourth-order valence-electron chi connectivity index (χ4n) is 1.17. The van der Waals surface area contributed by atoms with Crippen LogP contribution in [0.3, 0.4) is 0 Å². The summed E-state index contributed by atoms with van der Waals surface area (Å²) in [6.07, 6.45) is 0. The van der Waals surface area contributed by atoms with E-state index in [0.29, 0.717) is 12.1 Å². The van der Waals surface area contributed by atoms with Gasteiger partial charge in [0.15, 0.2) is 17.5 Å². The summed E-state index contributed by atoms with van der Waals surface area (Å²) in [4.78, 5) is 10.6. The number of carbonyl (C=O) groups is 1. The maximum absolute atomic E-state index is 12.8. The van der Waals surface area contributed by atoms with Crippen molar-refractivity contribution in [3.05, 3.63) is 35.1 Å². The van der Waals surface area contributed by atoms with E-state index in [1.54, 1.807) is 0 Å². The predicted octanol–water partition coefficient (Wildman–Crippen LogP) is 1.45. The number of carboxylic acid groups (broad SMARTS) is 1. The van der Waals surface area contributed by atoms with Crippen LogP contribution in [0, 0.1) is 17.5 Å². The Morgan fingerprint density at radius 1 is 1.33 bits per heavy atom. The summed E-state index contributed by atoms with van der Waals surface area (Å²) >= 11 is 0. The van der Waals surface area contributed by atoms with Gasteiger partial charge >= 0.3 is 5.97 Å². The van der Waals surface area contributed by atoms with Gasteiger partial charge in [0.2, 0.25) is 0 Å². The number of aliphatic carboxylic acids is 1. The molecule has 0 saturated heterocycles. The minimum absolute atomic E-state index is 0.179. The van der Waals surface area contributed by atoms with E-state index in [9.17, 15) is 18.0 Å². The van der Waals surface area contributed by atoms with E-state index in [4.69, 9.17) is 5.11 Å². The number of halogens is 3. The highest BCUT2D eigenvalue weighted by Crippen LogP contribution is 2.19. The Bertz CT molecular complexity index is 372. The molecular weight excluding hydrogens is 211 g/mol. The Kier molecular flexibility index (Phi) is 3.31. The quantitative estimate of drug-likeness (QED) is 0.756. The van der Waals surface area contributed by atoms with Crippen LogP contribution in [0.1, 0.15) is 11.6 Å². The van der Waals surface area contributed by atoms with Gasteiger partial charge in [0.25, 0.3) is 0 Å². The fraction of sp³-hybridized carbons (Fsp3) is 0.222. The number of hydrogen-bond donors (Lipinski definition) is 2. The molecule has 0 fully saturated rings. The van der Waals surface area contributed by atoms with E-state index in [2.05, 4.69) is 5.32 Å². The van der Waals surface area contributed by atoms with E-state index >= 15 is 0 Å². The smallest absolute Gasteiger partial charge is 0.325 e. The Morgan fingerprint density at radius 2 is 1.80 bits per heavy atom. The van der Waals surface area contributed by atoms with Crippen molar-refractivity contribution in [3.8, 4) is 0 Å². The van der Waals surface area contributed by atoms with Crippen molar-refractivity contribution in [2.45, 2.75) is 6.04 Å². The van der Waals surface area contributed by atoms with Gasteiger partial charge < -0.3 is 10.4 Å². The van der Waals surface area contributed by atoms with Gasteiger partial charge in [-0.05, 0) is 24.7 Å². The summed E-state index contributed by atoms with van der Waals surface area (Å²) in [5.41, 5.74) is -0.179. The first-order chi connectivity index (χ1) is 6.97. The van der Waals surface area contributed by atoms with Gasteiger partial charge in [0.1, 0.15) is 6.04 Å². The zero-order chi connectivity index (χ0) is 11.6. The number of nitrogens with one attached hydrogen (secondary N) is 1. The van der Waals surface area contributed by atoms with Crippen molar-refractivity contribution < 1.29 is 23.1 Å². The first-order valence-corrected chi connectivity index (χ1v) is 4.02. The molecule has 1 atom stereocenters. The van der Waals surface area contributed by atoms with Crippen LogP contribution < -0.4 is 5.32 Å². The molecule has 0 unspecified atom stereocenters. The molecule has 0 aromatic heterocycles. The lowest BCUT2D eigenvalue weighted by atomic mass is 10.1. The standard InChI is InChI=1S/C9H8F3NO2/c1-13-8(9(14)15)4-2-5(10)7(12)6(11)3-4/h2-3,8,13H,1H3,(H,14,15)/t8-/m0/s1. The predicted molar refractivity (Wildman–Crippen MR) is 45.8 cm³/mol. The molecule has 1 aromatic rings. The van der Waals surface area contributed by atoms with Crippen molar-refractivity contribution in [2.24, 2.45) is 0 Å². The normalized spacial score (nSPS) is 12.5. The molecule has 0 heterocycles. The lowest BCUT2D eigenvalue weighted by Gasteiger charge is -2.11. The second kappa shape index (κ2) is 4.31. The van der Waals surface area contributed by atoms with Crippen molar-refractivity contribution in [1.29, 1.82) is 0 Å². The molecule has 0 aliphatic rings. The highest BCUT2D eigenvalue weighted by Gasteiger charge is 2.21. The molecule has 0 saturated carbocycles. The molecule has 82 valence electrons. The van der Waals surface area contributed by atoms with E-state index in [1.165, 1.54) is 7.05 Å². The molecule has 2 N–H and O–H groups in total. The largest absolute Gasteiger partial charge is 0.480 e. The molecule has 0 bridgehead atoms. The lowest BCUT2D eigenvalue weighted by molar-refractivity contribution is -0.139. The highest BCUT2D eigenvalue weighted by molar-refractivity contribution is 5.75. The SMILES string of the molecule is CN[C@H](C(=O)O)c1cc(F)c(F)c(F)c1. The average molecular weight is 219 g/mol. The monoisotopic (exact) mass is 219 g/mol. The van der Waals surface area contributed by atoms with Gasteiger partial charge in [0.05, 0.1) is 0 Å². The third-order valence-corrected chi connectivity index (χ3v) is 1.88. The van der Waals surface area contributed by atoms with Gasteiger partial charge in [-0.15, -0.1) is 0 Å². The molecule has 15 heavy (non-hydrogen) atoms. The second-order valence-corrected chi connectivity index (χ2v) is 2.86. The maximum atomic E-state index is 12.8. The second-order valence-electron chi connectivity index (χ2n) is 2.86. The number of carboxylic acids is 1. The van der Waals surface area contributed by atoms with Crippen molar-refractivity contribution in [3.63, 3.8) is 0 Å². The van der Waals surface area contributed by atoms with Crippen LogP contribution in [0.15, 0.2) is 12.1 Å². The Balaban J connectivity index is 3.20. The maximum Gasteiger partial charge on any atom is 0.325 e. The minimum Gasteiger partial charge on any atom is -0.480 e. The van der Waals surface area contributed by atoms with Gasteiger partial charge in [-0.2, -0.15) is 0 Å². The highest BCUT2D eigenvalue weighted by atomic mass is 19.2. The summed E-state index contributed by atoms with van der Waals surface area (Å²) in [6.45, 7) is 0. The molecule has 1 aromatic carbocycles. The number of benzene rings is 1. The van der Waals surface area contributed by atoms with Crippen LogP contribution in [-0.4, -0.2) is 18.1 Å². The van der Waals surface area contributed by atoms with E-state index < -0.39 is 29.5 Å². The van der Waals surface area contributed by atoms with Crippen LogP contribution in [-0.2, 0) is 4.79 Å². The molecular formula is C9H8F3NO2. The van der Waals surface area contributed by atoms with Gasteiger partial charge in [-0.25, -0.2) is 13.2 Å². The van der Waals surface area contributed by atoms with Gasteiger partial charge in [-0.1, -0.05) is 0 Å². The zero-order valence-corrected chi connectivity index (χ0v) is 7.72. The van der Waals surface area contributed by atoms with E-state index in [-0.39, 0.29) is 5.56 Å². The summed E-state index contributed by atoms with van der Waals surface area (Å²) in [5, 5.41) is 11.0. The topological polar surface area (TPSA) is 49.3 Å². The molecule has 0 aliphatic heterocycles. The van der Waals surface area contributed by atoms with Crippen molar-refractivity contribution in [2.75, 3.05) is 7.05 Å². The van der Waals surface area contributed by atoms with Crippen LogP contribution in [0.2, 0.25) is 0 Å². The van der Waals surface area contributed by atoms with E-state index in [0.717, 1.165) is 0 Å². The summed E-state index contributed by atoms with van der Waals surface area (Å²) < 4.78 is 38.1. The van der Waals surface area contributed by atoms with Crippen molar-refractivity contribution >= 4 is 5.97 Å². The van der Waals surface area contributed by atoms with Gasteiger partial charge in [0, 0.05) is 0 Å². The zero-order valence-electron chi connectivity index (χ0n) is 7.72. The van der Waals surface area contributed by atoms with E-state index in [1.807, 2.05) is 0 Å². The minimum atomic E-state index is -1.61. The Morgan fingerprint density at radius 3 is 2.13 bits per heavy atom.